The van der Waals surface area contributed by atoms with Crippen molar-refractivity contribution in [3.05, 3.63) is 71.8 Å². The third-order valence-electron chi connectivity index (χ3n) is 4.18. The number of benzene rings is 3. The maximum atomic E-state index is 12.7. The lowest BCUT2D eigenvalue weighted by molar-refractivity contribution is 0.262. The highest BCUT2D eigenvalue weighted by atomic mass is 35.5. The first-order valence-corrected chi connectivity index (χ1v) is 10.9. The highest BCUT2D eigenvalue weighted by Gasteiger charge is 2.17. The minimum Gasteiger partial charge on any atom is -0.497 e. The molecule has 3 rings (SSSR count). The molecule has 0 aromatic heterocycles. The summed E-state index contributed by atoms with van der Waals surface area (Å²) < 4.78 is 38.3. The van der Waals surface area contributed by atoms with Crippen LogP contribution in [-0.2, 0) is 10.0 Å². The summed E-state index contributed by atoms with van der Waals surface area (Å²) in [5, 5.41) is 5.84. The Hall–Kier alpha value is -3.43. The number of methoxy groups -OCH3 is 2. The number of nitrogens with one attached hydrogen (secondary N) is 3. The van der Waals surface area contributed by atoms with Gasteiger partial charge in [0.05, 0.1) is 24.8 Å². The van der Waals surface area contributed by atoms with Gasteiger partial charge < -0.3 is 20.1 Å². The van der Waals surface area contributed by atoms with Gasteiger partial charge in [-0.1, -0.05) is 11.6 Å². The smallest absolute Gasteiger partial charge is 0.323 e. The van der Waals surface area contributed by atoms with E-state index in [9.17, 15) is 13.2 Å². The second kappa shape index (κ2) is 9.59. The summed E-state index contributed by atoms with van der Waals surface area (Å²) >= 11 is 5.82. The molecule has 162 valence electrons. The number of rotatable bonds is 7. The van der Waals surface area contributed by atoms with Crippen LogP contribution in [0.5, 0.6) is 11.5 Å². The van der Waals surface area contributed by atoms with E-state index in [-0.39, 0.29) is 10.6 Å². The van der Waals surface area contributed by atoms with Crippen LogP contribution in [0.4, 0.5) is 21.9 Å². The van der Waals surface area contributed by atoms with Crippen LogP contribution in [0.15, 0.2) is 71.6 Å². The van der Waals surface area contributed by atoms with Crippen molar-refractivity contribution < 1.29 is 22.7 Å². The molecule has 0 fully saturated rings. The predicted octanol–water partition coefficient (Wildman–Crippen LogP) is 4.80. The molecular weight excluding hydrogens is 442 g/mol. The van der Waals surface area contributed by atoms with Gasteiger partial charge in [0.15, 0.2) is 0 Å². The van der Waals surface area contributed by atoms with Crippen molar-refractivity contribution >= 4 is 44.7 Å². The number of sulfonamides is 1. The van der Waals surface area contributed by atoms with Crippen molar-refractivity contribution in [1.82, 2.24) is 0 Å². The van der Waals surface area contributed by atoms with Crippen LogP contribution >= 0.6 is 11.6 Å². The summed E-state index contributed by atoms with van der Waals surface area (Å²) in [4.78, 5) is 12.1. The number of carbonyl (C=O) groups excluding carboxylic acids is 1. The van der Waals surface area contributed by atoms with Crippen molar-refractivity contribution in [2.75, 3.05) is 29.6 Å². The average Bonchev–Trinajstić information content (AvgIpc) is 2.75. The summed E-state index contributed by atoms with van der Waals surface area (Å²) in [5.74, 6) is 0.854. The fraction of sp³-hybridized carbons (Fsp3) is 0.0952. The topological polar surface area (TPSA) is 106 Å². The molecule has 3 aromatic rings. The lowest BCUT2D eigenvalue weighted by atomic mass is 10.3. The number of halogens is 1. The van der Waals surface area contributed by atoms with Gasteiger partial charge in [-0.25, -0.2) is 13.2 Å². The standard InChI is InChI=1S/C21H20ClN3O5S/c1-29-17-9-12-19(20(13-17)30-2)25-31(27,28)18-10-7-16(8-11-18)24-21(26)23-15-5-3-14(22)4-6-15/h3-13,25H,1-2H3,(H2,23,24,26). The van der Waals surface area contributed by atoms with E-state index >= 15 is 0 Å². The quantitative estimate of drug-likeness (QED) is 0.468. The van der Waals surface area contributed by atoms with Crippen molar-refractivity contribution in [1.29, 1.82) is 0 Å². The van der Waals surface area contributed by atoms with E-state index in [1.807, 2.05) is 0 Å². The Morgan fingerprint density at radius 1 is 0.839 bits per heavy atom. The second-order valence-electron chi connectivity index (χ2n) is 6.28. The molecule has 10 heteroatoms. The molecule has 31 heavy (non-hydrogen) atoms. The van der Waals surface area contributed by atoms with Crippen LogP contribution in [0.25, 0.3) is 0 Å². The number of hydrogen-bond donors (Lipinski definition) is 3. The van der Waals surface area contributed by atoms with E-state index in [1.165, 1.54) is 38.5 Å². The molecular formula is C21H20ClN3O5S. The number of ether oxygens (including phenoxy) is 2. The molecule has 2 amide bonds. The normalized spacial score (nSPS) is 10.8. The number of urea groups is 1. The van der Waals surface area contributed by atoms with Gasteiger partial charge in [-0.3, -0.25) is 4.72 Å². The van der Waals surface area contributed by atoms with Crippen molar-refractivity contribution in [2.45, 2.75) is 4.90 Å². The molecule has 0 radical (unpaired) electrons. The fourth-order valence-electron chi connectivity index (χ4n) is 2.63. The Balaban J connectivity index is 1.68. The number of amides is 2. The van der Waals surface area contributed by atoms with E-state index < -0.39 is 16.1 Å². The number of carbonyl (C=O) groups is 1. The Labute approximate surface area is 185 Å². The molecule has 0 aliphatic carbocycles. The van der Waals surface area contributed by atoms with Gasteiger partial charge in [-0.05, 0) is 60.7 Å². The van der Waals surface area contributed by atoms with E-state index in [4.69, 9.17) is 21.1 Å². The minimum absolute atomic E-state index is 0.0223. The maximum absolute atomic E-state index is 12.7. The Kier molecular flexibility index (Phi) is 6.88. The summed E-state index contributed by atoms with van der Waals surface area (Å²) in [6.45, 7) is 0. The summed E-state index contributed by atoms with van der Waals surface area (Å²) in [7, 11) is -0.938. The lowest BCUT2D eigenvalue weighted by Gasteiger charge is -2.13. The van der Waals surface area contributed by atoms with Gasteiger partial charge in [0.25, 0.3) is 10.0 Å². The Morgan fingerprint density at radius 2 is 1.42 bits per heavy atom. The van der Waals surface area contributed by atoms with Gasteiger partial charge >= 0.3 is 6.03 Å². The summed E-state index contributed by atoms with van der Waals surface area (Å²) in [6.07, 6.45) is 0. The largest absolute Gasteiger partial charge is 0.497 e. The number of hydrogen-bond acceptors (Lipinski definition) is 5. The van der Waals surface area contributed by atoms with Crippen molar-refractivity contribution in [3.63, 3.8) is 0 Å². The van der Waals surface area contributed by atoms with Gasteiger partial charge in [-0.15, -0.1) is 0 Å². The van der Waals surface area contributed by atoms with E-state index in [0.29, 0.717) is 27.9 Å². The molecule has 0 unspecified atom stereocenters. The maximum Gasteiger partial charge on any atom is 0.323 e. The molecule has 0 atom stereocenters. The van der Waals surface area contributed by atoms with E-state index in [0.717, 1.165) is 0 Å². The van der Waals surface area contributed by atoms with Crippen LogP contribution in [0, 0.1) is 0 Å². The van der Waals surface area contributed by atoms with Gasteiger partial charge in [0, 0.05) is 22.5 Å². The van der Waals surface area contributed by atoms with Crippen LogP contribution in [-0.4, -0.2) is 28.7 Å². The molecule has 0 bridgehead atoms. The zero-order valence-corrected chi connectivity index (χ0v) is 18.3. The first kappa shape index (κ1) is 22.3. The first-order chi connectivity index (χ1) is 14.8. The monoisotopic (exact) mass is 461 g/mol. The first-order valence-electron chi connectivity index (χ1n) is 8.99. The molecule has 3 N–H and O–H groups in total. The fourth-order valence-corrected chi connectivity index (χ4v) is 3.83. The van der Waals surface area contributed by atoms with Gasteiger partial charge in [-0.2, -0.15) is 0 Å². The molecule has 0 saturated heterocycles. The molecule has 0 saturated carbocycles. The third kappa shape index (κ3) is 5.80. The highest BCUT2D eigenvalue weighted by Crippen LogP contribution is 2.31. The van der Waals surface area contributed by atoms with Crippen molar-refractivity contribution in [2.24, 2.45) is 0 Å². The van der Waals surface area contributed by atoms with E-state index in [1.54, 1.807) is 42.5 Å². The summed E-state index contributed by atoms with van der Waals surface area (Å²) in [5.41, 5.74) is 1.26. The molecule has 0 heterocycles. The molecule has 0 aliphatic heterocycles. The Morgan fingerprint density at radius 3 is 1.97 bits per heavy atom. The Bertz CT molecular complexity index is 1170. The molecule has 0 spiro atoms. The highest BCUT2D eigenvalue weighted by molar-refractivity contribution is 7.92. The van der Waals surface area contributed by atoms with Crippen LogP contribution in [0.2, 0.25) is 5.02 Å². The summed E-state index contributed by atoms with van der Waals surface area (Å²) in [6, 6.07) is 16.6. The van der Waals surface area contributed by atoms with E-state index in [2.05, 4.69) is 15.4 Å². The molecule has 8 nitrogen and oxygen atoms in total. The number of anilines is 3. The van der Waals surface area contributed by atoms with Crippen LogP contribution < -0.4 is 24.8 Å². The van der Waals surface area contributed by atoms with Crippen molar-refractivity contribution in [3.8, 4) is 11.5 Å². The van der Waals surface area contributed by atoms with Crippen LogP contribution in [0.1, 0.15) is 0 Å². The lowest BCUT2D eigenvalue weighted by Crippen LogP contribution is -2.19. The molecule has 0 aliphatic rings. The minimum atomic E-state index is -3.88. The molecule has 3 aromatic carbocycles. The third-order valence-corrected chi connectivity index (χ3v) is 5.81. The van der Waals surface area contributed by atoms with Crippen LogP contribution in [0.3, 0.4) is 0 Å². The SMILES string of the molecule is COc1ccc(NS(=O)(=O)c2ccc(NC(=O)Nc3ccc(Cl)cc3)cc2)c(OC)c1. The zero-order valence-electron chi connectivity index (χ0n) is 16.7. The predicted molar refractivity (Wildman–Crippen MR) is 121 cm³/mol. The second-order valence-corrected chi connectivity index (χ2v) is 8.40. The average molecular weight is 462 g/mol. The van der Waals surface area contributed by atoms with Gasteiger partial charge in [0.2, 0.25) is 0 Å². The zero-order chi connectivity index (χ0) is 22.4. The van der Waals surface area contributed by atoms with Gasteiger partial charge in [0.1, 0.15) is 11.5 Å².